The summed E-state index contributed by atoms with van der Waals surface area (Å²) < 4.78 is 14.7. The van der Waals surface area contributed by atoms with Crippen molar-refractivity contribution in [1.29, 1.82) is 0 Å². The number of carbonyl (C=O) groups excluding carboxylic acids is 2. The van der Waals surface area contributed by atoms with Crippen LogP contribution in [-0.4, -0.2) is 28.8 Å². The summed E-state index contributed by atoms with van der Waals surface area (Å²) in [5, 5.41) is 3.77. The van der Waals surface area contributed by atoms with Crippen molar-refractivity contribution in [2.45, 2.75) is 63.6 Å². The van der Waals surface area contributed by atoms with Gasteiger partial charge in [0.2, 0.25) is 11.8 Å². The molecule has 3 aromatic rings. The molecule has 0 aromatic heterocycles. The van der Waals surface area contributed by atoms with Gasteiger partial charge in [0.25, 0.3) is 0 Å². The Balaban J connectivity index is 1.63. The van der Waals surface area contributed by atoms with Crippen molar-refractivity contribution in [2.75, 3.05) is 0 Å². The molecule has 4 nitrogen and oxygen atoms in total. The second-order valence-corrected chi connectivity index (χ2v) is 9.81. The first-order chi connectivity index (χ1) is 17.5. The number of hydrogen-bond acceptors (Lipinski definition) is 2. The van der Waals surface area contributed by atoms with Gasteiger partial charge in [0.15, 0.2) is 0 Å². The van der Waals surface area contributed by atoms with E-state index in [1.54, 1.807) is 29.2 Å². The molecular weight excluding hydrogens is 475 g/mol. The first kappa shape index (κ1) is 25.9. The van der Waals surface area contributed by atoms with Crippen molar-refractivity contribution in [3.63, 3.8) is 0 Å². The quantitative estimate of drug-likeness (QED) is 0.360. The molecule has 4 rings (SSSR count). The van der Waals surface area contributed by atoms with Crippen LogP contribution in [0.1, 0.15) is 48.8 Å². The molecule has 1 atom stereocenters. The van der Waals surface area contributed by atoms with Crippen LogP contribution in [0, 0.1) is 5.82 Å². The maximum Gasteiger partial charge on any atom is 0.243 e. The van der Waals surface area contributed by atoms with Gasteiger partial charge in [-0.05, 0) is 42.5 Å². The zero-order chi connectivity index (χ0) is 25.3. The summed E-state index contributed by atoms with van der Waals surface area (Å²) in [5.41, 5.74) is 2.20. The number of benzene rings is 3. The Morgan fingerprint density at radius 3 is 2.25 bits per heavy atom. The number of nitrogens with zero attached hydrogens (tertiary/aromatic N) is 1. The number of rotatable bonds is 10. The minimum absolute atomic E-state index is 0.0175. The standard InChI is InChI=1S/C30H32ClFN2O2/c31-26-16-8-4-12-23(26)18-19-29(35)34(21-24-13-5-9-17-27(24)32)28(20-22-10-2-1-3-11-22)30(36)33-25-14-6-7-15-25/h1-5,8-13,16-17,25,28H,6-7,14-15,18-21H2,(H,33,36). The van der Waals surface area contributed by atoms with E-state index in [9.17, 15) is 14.0 Å². The van der Waals surface area contributed by atoms with Gasteiger partial charge in [0.05, 0.1) is 0 Å². The van der Waals surface area contributed by atoms with E-state index < -0.39 is 11.9 Å². The number of nitrogens with one attached hydrogen (secondary N) is 1. The Morgan fingerprint density at radius 1 is 0.917 bits per heavy atom. The Labute approximate surface area is 217 Å². The van der Waals surface area contributed by atoms with E-state index in [1.807, 2.05) is 48.5 Å². The van der Waals surface area contributed by atoms with E-state index >= 15 is 0 Å². The summed E-state index contributed by atoms with van der Waals surface area (Å²) >= 11 is 6.31. The molecule has 0 spiro atoms. The molecule has 0 bridgehead atoms. The zero-order valence-corrected chi connectivity index (χ0v) is 21.1. The molecule has 6 heteroatoms. The highest BCUT2D eigenvalue weighted by Crippen LogP contribution is 2.22. The highest BCUT2D eigenvalue weighted by Gasteiger charge is 2.32. The van der Waals surface area contributed by atoms with Gasteiger partial charge < -0.3 is 10.2 Å². The lowest BCUT2D eigenvalue weighted by molar-refractivity contribution is -0.141. The first-order valence-electron chi connectivity index (χ1n) is 12.6. The van der Waals surface area contributed by atoms with E-state index in [2.05, 4.69) is 5.32 Å². The molecule has 1 aliphatic rings. The van der Waals surface area contributed by atoms with Crippen LogP contribution in [-0.2, 0) is 29.0 Å². The predicted molar refractivity (Wildman–Crippen MR) is 141 cm³/mol. The first-order valence-corrected chi connectivity index (χ1v) is 13.0. The lowest BCUT2D eigenvalue weighted by atomic mass is 10.0. The van der Waals surface area contributed by atoms with Gasteiger partial charge in [-0.15, -0.1) is 0 Å². The third-order valence-corrected chi connectivity index (χ3v) is 7.21. The van der Waals surface area contributed by atoms with Gasteiger partial charge in [-0.25, -0.2) is 4.39 Å². The predicted octanol–water partition coefficient (Wildman–Crippen LogP) is 6.11. The summed E-state index contributed by atoms with van der Waals surface area (Å²) in [5.74, 6) is -0.787. The van der Waals surface area contributed by atoms with E-state index in [0.29, 0.717) is 23.4 Å². The van der Waals surface area contributed by atoms with Crippen LogP contribution in [0.3, 0.4) is 0 Å². The summed E-state index contributed by atoms with van der Waals surface area (Å²) in [6.45, 7) is 0.0175. The number of halogens is 2. The van der Waals surface area contributed by atoms with Crippen molar-refractivity contribution < 1.29 is 14.0 Å². The molecule has 2 amide bonds. The lowest BCUT2D eigenvalue weighted by Gasteiger charge is -2.32. The van der Waals surface area contributed by atoms with E-state index in [-0.39, 0.29) is 30.8 Å². The molecule has 1 saturated carbocycles. The van der Waals surface area contributed by atoms with Crippen LogP contribution in [0.5, 0.6) is 0 Å². The second kappa shape index (κ2) is 12.7. The molecule has 1 unspecified atom stereocenters. The number of hydrogen-bond donors (Lipinski definition) is 1. The van der Waals surface area contributed by atoms with Crippen molar-refractivity contribution in [1.82, 2.24) is 10.2 Å². The maximum atomic E-state index is 14.7. The zero-order valence-electron chi connectivity index (χ0n) is 20.3. The molecule has 36 heavy (non-hydrogen) atoms. The van der Waals surface area contributed by atoms with Gasteiger partial charge in [0.1, 0.15) is 11.9 Å². The van der Waals surface area contributed by atoms with Crippen LogP contribution < -0.4 is 5.32 Å². The smallest absolute Gasteiger partial charge is 0.243 e. The van der Waals surface area contributed by atoms with E-state index in [0.717, 1.165) is 36.8 Å². The van der Waals surface area contributed by atoms with Crippen LogP contribution in [0.4, 0.5) is 4.39 Å². The van der Waals surface area contributed by atoms with Crippen molar-refractivity contribution >= 4 is 23.4 Å². The molecule has 0 saturated heterocycles. The van der Waals surface area contributed by atoms with Gasteiger partial charge in [0, 0.05) is 36.0 Å². The Hall–Kier alpha value is -3.18. The fourth-order valence-electron chi connectivity index (χ4n) is 4.82. The molecular formula is C30H32ClFN2O2. The van der Waals surface area contributed by atoms with Crippen LogP contribution in [0.25, 0.3) is 0 Å². The third-order valence-electron chi connectivity index (χ3n) is 6.84. The SMILES string of the molecule is O=C(NC1CCCC1)C(Cc1ccccc1)N(Cc1ccccc1F)C(=O)CCc1ccccc1Cl. The maximum absolute atomic E-state index is 14.7. The largest absolute Gasteiger partial charge is 0.352 e. The van der Waals surface area contributed by atoms with Crippen molar-refractivity contribution in [3.8, 4) is 0 Å². The number of amides is 2. The summed E-state index contributed by atoms with van der Waals surface area (Å²) in [6, 6.07) is 22.9. The Bertz CT molecular complexity index is 1160. The van der Waals surface area contributed by atoms with Crippen molar-refractivity contribution in [2.24, 2.45) is 0 Å². The molecule has 0 radical (unpaired) electrons. The summed E-state index contributed by atoms with van der Waals surface area (Å²) in [6.07, 6.45) is 5.02. The summed E-state index contributed by atoms with van der Waals surface area (Å²) in [4.78, 5) is 28.9. The average molecular weight is 507 g/mol. The van der Waals surface area contributed by atoms with Crippen LogP contribution in [0.2, 0.25) is 5.02 Å². The van der Waals surface area contributed by atoms with Crippen LogP contribution in [0.15, 0.2) is 78.9 Å². The van der Waals surface area contributed by atoms with Gasteiger partial charge in [-0.2, -0.15) is 0 Å². The molecule has 0 heterocycles. The Kier molecular flexibility index (Phi) is 9.12. The third kappa shape index (κ3) is 6.94. The van der Waals surface area contributed by atoms with Gasteiger partial charge in [-0.3, -0.25) is 9.59 Å². The fourth-order valence-corrected chi connectivity index (χ4v) is 5.05. The van der Waals surface area contributed by atoms with E-state index in [4.69, 9.17) is 11.6 Å². The molecule has 3 aromatic carbocycles. The molecule has 1 fully saturated rings. The molecule has 1 N–H and O–H groups in total. The van der Waals surface area contributed by atoms with Gasteiger partial charge in [-0.1, -0.05) is 91.2 Å². The molecule has 0 aliphatic heterocycles. The normalized spacial score (nSPS) is 14.4. The highest BCUT2D eigenvalue weighted by molar-refractivity contribution is 6.31. The number of carbonyl (C=O) groups is 2. The van der Waals surface area contributed by atoms with Crippen LogP contribution >= 0.6 is 11.6 Å². The second-order valence-electron chi connectivity index (χ2n) is 9.40. The minimum atomic E-state index is -0.758. The molecule has 1 aliphatic carbocycles. The summed E-state index contributed by atoms with van der Waals surface area (Å²) in [7, 11) is 0. The average Bonchev–Trinajstić information content (AvgIpc) is 3.40. The highest BCUT2D eigenvalue weighted by atomic mass is 35.5. The van der Waals surface area contributed by atoms with Crippen molar-refractivity contribution in [3.05, 3.63) is 106 Å². The Morgan fingerprint density at radius 2 is 1.56 bits per heavy atom. The van der Waals surface area contributed by atoms with E-state index in [1.165, 1.54) is 6.07 Å². The fraction of sp³-hybridized carbons (Fsp3) is 0.333. The lowest BCUT2D eigenvalue weighted by Crippen LogP contribution is -2.52. The number of aryl methyl sites for hydroxylation is 1. The molecule has 188 valence electrons. The van der Waals surface area contributed by atoms with Gasteiger partial charge >= 0.3 is 0 Å². The monoisotopic (exact) mass is 506 g/mol. The topological polar surface area (TPSA) is 49.4 Å². The minimum Gasteiger partial charge on any atom is -0.352 e.